The third-order valence-electron chi connectivity index (χ3n) is 3.44. The highest BCUT2D eigenvalue weighted by molar-refractivity contribution is 5.96. The summed E-state index contributed by atoms with van der Waals surface area (Å²) >= 11 is 0. The fraction of sp³-hybridized carbons (Fsp3) is 0.533. The number of hydrogen-bond donors (Lipinski definition) is 1. The summed E-state index contributed by atoms with van der Waals surface area (Å²) in [6.07, 6.45) is 2.36. The molecule has 1 aromatic heterocycles. The van der Waals surface area contributed by atoms with Gasteiger partial charge in [-0.15, -0.1) is 0 Å². The zero-order chi connectivity index (χ0) is 14.7. The monoisotopic (exact) mass is 275 g/mol. The molecule has 2 heterocycles. The highest BCUT2D eigenvalue weighted by Crippen LogP contribution is 2.19. The van der Waals surface area contributed by atoms with E-state index in [1.807, 2.05) is 18.2 Å². The van der Waals surface area contributed by atoms with Gasteiger partial charge in [0.25, 0.3) is 0 Å². The van der Waals surface area contributed by atoms with E-state index in [4.69, 9.17) is 0 Å². The number of piperazine rings is 1. The normalized spacial score (nSPS) is 23.1. The third-order valence-corrected chi connectivity index (χ3v) is 3.44. The maximum atomic E-state index is 12.4. The van der Waals surface area contributed by atoms with Crippen LogP contribution in [0.5, 0.6) is 0 Å². The lowest BCUT2D eigenvalue weighted by Gasteiger charge is -2.38. The van der Waals surface area contributed by atoms with Crippen molar-refractivity contribution in [2.24, 2.45) is 5.92 Å². The van der Waals surface area contributed by atoms with Crippen LogP contribution in [0.15, 0.2) is 24.4 Å². The van der Waals surface area contributed by atoms with Crippen LogP contribution in [-0.4, -0.2) is 33.8 Å². The molecule has 1 aliphatic rings. The summed E-state index contributed by atoms with van der Waals surface area (Å²) in [4.78, 5) is 30.4. The van der Waals surface area contributed by atoms with Crippen molar-refractivity contribution in [1.82, 2.24) is 15.2 Å². The molecule has 1 N–H and O–H groups in total. The number of nitrogens with zero attached hydrogens (tertiary/aromatic N) is 2. The van der Waals surface area contributed by atoms with Gasteiger partial charge < -0.3 is 10.2 Å². The molecular formula is C15H21N3O2. The molecule has 20 heavy (non-hydrogen) atoms. The van der Waals surface area contributed by atoms with E-state index in [2.05, 4.69) is 24.1 Å². The van der Waals surface area contributed by atoms with Crippen LogP contribution < -0.4 is 5.32 Å². The molecule has 5 nitrogen and oxygen atoms in total. The van der Waals surface area contributed by atoms with E-state index in [1.165, 1.54) is 0 Å². The number of aromatic nitrogens is 1. The average molecular weight is 275 g/mol. The third kappa shape index (κ3) is 3.15. The minimum absolute atomic E-state index is 0.0408. The van der Waals surface area contributed by atoms with Crippen LogP contribution in [0.25, 0.3) is 0 Å². The second-order valence-electron chi connectivity index (χ2n) is 5.66. The van der Waals surface area contributed by atoms with Crippen molar-refractivity contribution in [3.8, 4) is 0 Å². The molecule has 108 valence electrons. The van der Waals surface area contributed by atoms with E-state index in [1.54, 1.807) is 18.0 Å². The van der Waals surface area contributed by atoms with E-state index in [9.17, 15) is 9.59 Å². The highest BCUT2D eigenvalue weighted by Gasteiger charge is 2.38. The van der Waals surface area contributed by atoms with Gasteiger partial charge in [0.15, 0.2) is 0 Å². The Morgan fingerprint density at radius 3 is 2.70 bits per heavy atom. The largest absolute Gasteiger partial charge is 0.343 e. The SMILES string of the molecule is CC(C)CC1C(=O)NC(C)C(=O)N1Cc1ccccn1. The molecule has 0 bridgehead atoms. The van der Waals surface area contributed by atoms with Gasteiger partial charge in [0.1, 0.15) is 12.1 Å². The quantitative estimate of drug-likeness (QED) is 0.902. The molecule has 0 spiro atoms. The van der Waals surface area contributed by atoms with E-state index in [-0.39, 0.29) is 11.8 Å². The summed E-state index contributed by atoms with van der Waals surface area (Å²) in [6, 6.07) is 4.73. The van der Waals surface area contributed by atoms with Gasteiger partial charge in [0.05, 0.1) is 12.2 Å². The molecule has 0 aliphatic carbocycles. The molecule has 1 fully saturated rings. The Bertz CT molecular complexity index is 487. The molecular weight excluding hydrogens is 254 g/mol. The van der Waals surface area contributed by atoms with Crippen LogP contribution in [0.3, 0.4) is 0 Å². The van der Waals surface area contributed by atoms with Crippen LogP contribution in [0.4, 0.5) is 0 Å². The maximum absolute atomic E-state index is 12.4. The van der Waals surface area contributed by atoms with Crippen LogP contribution in [0, 0.1) is 5.92 Å². The van der Waals surface area contributed by atoms with Gasteiger partial charge in [-0.1, -0.05) is 19.9 Å². The summed E-state index contributed by atoms with van der Waals surface area (Å²) in [5.41, 5.74) is 0.802. The van der Waals surface area contributed by atoms with Gasteiger partial charge >= 0.3 is 0 Å². The molecule has 2 amide bonds. The van der Waals surface area contributed by atoms with Gasteiger partial charge in [-0.2, -0.15) is 0 Å². The van der Waals surface area contributed by atoms with Crippen LogP contribution in [0.2, 0.25) is 0 Å². The number of amides is 2. The van der Waals surface area contributed by atoms with E-state index >= 15 is 0 Å². The Hall–Kier alpha value is -1.91. The Labute approximate surface area is 119 Å². The minimum Gasteiger partial charge on any atom is -0.343 e. The Kier molecular flexibility index (Phi) is 4.37. The minimum atomic E-state index is -0.463. The van der Waals surface area contributed by atoms with Crippen LogP contribution >= 0.6 is 0 Å². The number of carbonyl (C=O) groups excluding carboxylic acids is 2. The molecule has 0 radical (unpaired) electrons. The number of pyridine rings is 1. The zero-order valence-electron chi connectivity index (χ0n) is 12.2. The van der Waals surface area contributed by atoms with E-state index in [0.717, 1.165) is 5.69 Å². The molecule has 5 heteroatoms. The first kappa shape index (κ1) is 14.5. The summed E-state index contributed by atoms with van der Waals surface area (Å²) in [6.45, 7) is 6.20. The average Bonchev–Trinajstić information content (AvgIpc) is 2.41. The second kappa shape index (κ2) is 6.03. The van der Waals surface area contributed by atoms with Crippen molar-refractivity contribution >= 4 is 11.8 Å². The van der Waals surface area contributed by atoms with Crippen LogP contribution in [0.1, 0.15) is 32.9 Å². The highest BCUT2D eigenvalue weighted by atomic mass is 16.2. The van der Waals surface area contributed by atoms with E-state index < -0.39 is 12.1 Å². The van der Waals surface area contributed by atoms with Crippen molar-refractivity contribution in [1.29, 1.82) is 0 Å². The van der Waals surface area contributed by atoms with Gasteiger partial charge in [-0.05, 0) is 31.4 Å². The second-order valence-corrected chi connectivity index (χ2v) is 5.66. The zero-order valence-corrected chi connectivity index (χ0v) is 12.2. The van der Waals surface area contributed by atoms with Gasteiger partial charge in [0.2, 0.25) is 11.8 Å². The number of nitrogens with one attached hydrogen (secondary N) is 1. The van der Waals surface area contributed by atoms with Crippen LogP contribution in [-0.2, 0) is 16.1 Å². The topological polar surface area (TPSA) is 62.3 Å². The number of hydrogen-bond acceptors (Lipinski definition) is 3. The predicted octanol–water partition coefficient (Wildman–Crippen LogP) is 1.34. The number of carbonyl (C=O) groups is 2. The lowest BCUT2D eigenvalue weighted by Crippen LogP contribution is -2.62. The van der Waals surface area contributed by atoms with Gasteiger partial charge in [-0.3, -0.25) is 14.6 Å². The fourth-order valence-corrected chi connectivity index (χ4v) is 2.45. The van der Waals surface area contributed by atoms with Crippen molar-refractivity contribution in [3.63, 3.8) is 0 Å². The molecule has 0 aromatic carbocycles. The molecule has 0 saturated carbocycles. The van der Waals surface area contributed by atoms with Gasteiger partial charge in [-0.25, -0.2) is 0 Å². The Morgan fingerprint density at radius 2 is 2.10 bits per heavy atom. The maximum Gasteiger partial charge on any atom is 0.245 e. The van der Waals surface area contributed by atoms with Crippen molar-refractivity contribution in [2.45, 2.75) is 45.8 Å². The first-order chi connectivity index (χ1) is 9.49. The number of rotatable bonds is 4. The standard InChI is InChI=1S/C15H21N3O2/c1-10(2)8-13-14(19)17-11(3)15(20)18(13)9-12-6-4-5-7-16-12/h4-7,10-11,13H,8-9H2,1-3H3,(H,17,19). The molecule has 2 atom stereocenters. The molecule has 2 rings (SSSR count). The smallest absolute Gasteiger partial charge is 0.245 e. The first-order valence-corrected chi connectivity index (χ1v) is 6.99. The fourth-order valence-electron chi connectivity index (χ4n) is 2.45. The predicted molar refractivity (Wildman–Crippen MR) is 75.6 cm³/mol. The van der Waals surface area contributed by atoms with Crippen molar-refractivity contribution in [3.05, 3.63) is 30.1 Å². The summed E-state index contributed by atoms with van der Waals surface area (Å²) in [5, 5.41) is 2.75. The summed E-state index contributed by atoms with van der Waals surface area (Å²) < 4.78 is 0. The molecule has 1 aliphatic heterocycles. The first-order valence-electron chi connectivity index (χ1n) is 6.99. The molecule has 2 unspecified atom stereocenters. The Balaban J connectivity index is 2.22. The summed E-state index contributed by atoms with van der Waals surface area (Å²) in [7, 11) is 0. The Morgan fingerprint density at radius 1 is 1.35 bits per heavy atom. The summed E-state index contributed by atoms with van der Waals surface area (Å²) in [5.74, 6) is 0.237. The lowest BCUT2D eigenvalue weighted by molar-refractivity contribution is -0.150. The lowest BCUT2D eigenvalue weighted by atomic mass is 9.98. The van der Waals surface area contributed by atoms with E-state index in [0.29, 0.717) is 18.9 Å². The van der Waals surface area contributed by atoms with Crippen molar-refractivity contribution < 1.29 is 9.59 Å². The molecule has 1 saturated heterocycles. The molecule has 1 aromatic rings. The van der Waals surface area contributed by atoms with Gasteiger partial charge in [0, 0.05) is 6.20 Å². The van der Waals surface area contributed by atoms with Crippen molar-refractivity contribution in [2.75, 3.05) is 0 Å².